The molecule has 4 rings (SSSR count). The molecule has 29 heavy (non-hydrogen) atoms. The van der Waals surface area contributed by atoms with Gasteiger partial charge >= 0.3 is 5.97 Å². The Morgan fingerprint density at radius 1 is 1.31 bits per heavy atom. The fourth-order valence-corrected chi connectivity index (χ4v) is 4.04. The maximum Gasteiger partial charge on any atom is 0.341 e. The van der Waals surface area contributed by atoms with E-state index in [2.05, 4.69) is 17.4 Å². The number of aromatic nitrogens is 1. The Balaban J connectivity index is 1.79. The number of nitrogen functional groups attached to an aromatic ring is 1. The maximum absolute atomic E-state index is 15.0. The van der Waals surface area contributed by atoms with E-state index in [1.165, 1.54) is 11.8 Å². The third-order valence-corrected chi connectivity index (χ3v) is 5.76. The van der Waals surface area contributed by atoms with Crippen LogP contribution in [0.2, 0.25) is 0 Å². The van der Waals surface area contributed by atoms with E-state index in [1.807, 2.05) is 25.1 Å². The molecule has 4 N–H and O–H groups in total. The number of hydrogen-bond donors (Lipinski definition) is 3. The molecule has 0 amide bonds. The highest BCUT2D eigenvalue weighted by molar-refractivity contribution is 5.99. The van der Waals surface area contributed by atoms with Gasteiger partial charge in [0, 0.05) is 24.7 Å². The van der Waals surface area contributed by atoms with Crippen LogP contribution < -0.4 is 16.5 Å². The molecule has 1 heterocycles. The minimum Gasteiger partial charge on any atom is -0.477 e. The van der Waals surface area contributed by atoms with Crippen molar-refractivity contribution in [3.8, 4) is 0 Å². The van der Waals surface area contributed by atoms with Crippen molar-refractivity contribution in [2.24, 2.45) is 0 Å². The largest absolute Gasteiger partial charge is 0.477 e. The maximum atomic E-state index is 15.0. The number of aromatic carboxylic acids is 1. The second-order valence-electron chi connectivity index (χ2n) is 7.35. The van der Waals surface area contributed by atoms with Crippen molar-refractivity contribution < 1.29 is 14.3 Å². The lowest BCUT2D eigenvalue weighted by Gasteiger charge is -2.38. The summed E-state index contributed by atoms with van der Waals surface area (Å²) in [7, 11) is 0. The molecule has 1 fully saturated rings. The van der Waals surface area contributed by atoms with Crippen LogP contribution in [0.25, 0.3) is 10.9 Å². The molecule has 2 unspecified atom stereocenters. The number of carboxylic acid groups (broad SMARTS) is 1. The van der Waals surface area contributed by atoms with Gasteiger partial charge in [-0.25, -0.2) is 9.18 Å². The summed E-state index contributed by atoms with van der Waals surface area (Å²) < 4.78 is 16.7. The van der Waals surface area contributed by atoms with Crippen molar-refractivity contribution in [2.75, 3.05) is 11.1 Å². The van der Waals surface area contributed by atoms with Gasteiger partial charge in [-0.2, -0.15) is 0 Å². The summed E-state index contributed by atoms with van der Waals surface area (Å²) in [6, 6.07) is 11.7. The molecule has 6 nitrogen and oxygen atoms in total. The monoisotopic (exact) mass is 395 g/mol. The van der Waals surface area contributed by atoms with E-state index in [0.717, 1.165) is 12.8 Å². The summed E-state index contributed by atoms with van der Waals surface area (Å²) in [4.78, 5) is 24.0. The van der Waals surface area contributed by atoms with E-state index in [9.17, 15) is 14.7 Å². The number of halogens is 1. The summed E-state index contributed by atoms with van der Waals surface area (Å²) in [5, 5.41) is 12.5. The number of nitrogens with two attached hydrogens (primary N) is 1. The average molecular weight is 395 g/mol. The Hall–Kier alpha value is -3.35. The highest BCUT2D eigenvalue weighted by Gasteiger charge is 2.33. The number of hydrogen-bond acceptors (Lipinski definition) is 4. The van der Waals surface area contributed by atoms with Gasteiger partial charge in [0.2, 0.25) is 5.43 Å². The van der Waals surface area contributed by atoms with Crippen LogP contribution in [0.5, 0.6) is 0 Å². The fraction of sp³-hybridized carbons (Fsp3) is 0.273. The fourth-order valence-electron chi connectivity index (χ4n) is 4.04. The molecular weight excluding hydrogens is 373 g/mol. The lowest BCUT2D eigenvalue weighted by atomic mass is 9.75. The van der Waals surface area contributed by atoms with Crippen molar-refractivity contribution >= 4 is 28.2 Å². The van der Waals surface area contributed by atoms with Crippen molar-refractivity contribution in [2.45, 2.75) is 38.3 Å². The number of pyridine rings is 1. The highest BCUT2D eigenvalue weighted by Crippen LogP contribution is 2.40. The smallest absolute Gasteiger partial charge is 0.341 e. The second-order valence-corrected chi connectivity index (χ2v) is 7.35. The molecule has 3 aromatic rings. The number of nitrogens with zero attached hydrogens (tertiary/aromatic N) is 1. The highest BCUT2D eigenvalue weighted by atomic mass is 19.1. The Morgan fingerprint density at radius 2 is 2.03 bits per heavy atom. The number of rotatable bonds is 5. The van der Waals surface area contributed by atoms with Crippen LogP contribution in [-0.2, 0) is 6.54 Å². The predicted octanol–water partition coefficient (Wildman–Crippen LogP) is 3.80. The standard InChI is InChI=1S/C22H22FN3O3/c1-2-26-11-14(22(28)29)21(27)18-17(26)10-16(19(23)20(18)24)25-15-9-8-13(15)12-6-4-3-5-7-12/h3-7,10-11,13,15,25H,2,8-9,24H2,1H3,(H,28,29). The summed E-state index contributed by atoms with van der Waals surface area (Å²) in [6.45, 7) is 2.23. The first-order chi connectivity index (χ1) is 13.9. The van der Waals surface area contributed by atoms with Gasteiger partial charge in [-0.3, -0.25) is 4.79 Å². The Labute approximate surface area is 166 Å². The van der Waals surface area contributed by atoms with Gasteiger partial charge in [0.15, 0.2) is 5.82 Å². The Morgan fingerprint density at radius 3 is 2.62 bits per heavy atom. The molecule has 0 radical (unpaired) electrons. The summed E-state index contributed by atoms with van der Waals surface area (Å²) in [5.41, 5.74) is 6.29. The molecule has 7 heteroatoms. The summed E-state index contributed by atoms with van der Waals surface area (Å²) >= 11 is 0. The molecule has 0 spiro atoms. The summed E-state index contributed by atoms with van der Waals surface area (Å²) in [5.74, 6) is -1.81. The first kappa shape index (κ1) is 19.0. The van der Waals surface area contributed by atoms with Gasteiger partial charge in [0.05, 0.1) is 22.3 Å². The third-order valence-electron chi connectivity index (χ3n) is 5.76. The average Bonchev–Trinajstić information content (AvgIpc) is 2.69. The topological polar surface area (TPSA) is 97.4 Å². The van der Waals surface area contributed by atoms with Crippen LogP contribution in [-0.4, -0.2) is 21.7 Å². The Kier molecular flexibility index (Phi) is 4.74. The molecule has 0 bridgehead atoms. The zero-order valence-electron chi connectivity index (χ0n) is 16.0. The molecule has 150 valence electrons. The van der Waals surface area contributed by atoms with Gasteiger partial charge in [0.25, 0.3) is 0 Å². The number of carboxylic acids is 1. The van der Waals surface area contributed by atoms with Gasteiger partial charge in [0.1, 0.15) is 5.56 Å². The van der Waals surface area contributed by atoms with Crippen LogP contribution >= 0.6 is 0 Å². The number of nitrogens with one attached hydrogen (secondary N) is 1. The van der Waals surface area contributed by atoms with E-state index in [-0.39, 0.29) is 28.7 Å². The molecule has 1 saturated carbocycles. The molecule has 2 aromatic carbocycles. The van der Waals surface area contributed by atoms with E-state index in [0.29, 0.717) is 12.1 Å². The second kappa shape index (κ2) is 7.24. The predicted molar refractivity (Wildman–Crippen MR) is 111 cm³/mol. The molecule has 0 saturated heterocycles. The van der Waals surface area contributed by atoms with E-state index < -0.39 is 22.8 Å². The van der Waals surface area contributed by atoms with Gasteiger partial charge in [-0.1, -0.05) is 30.3 Å². The first-order valence-electron chi connectivity index (χ1n) is 9.62. The number of benzene rings is 2. The van der Waals surface area contributed by atoms with Gasteiger partial charge in [-0.15, -0.1) is 0 Å². The molecule has 1 aromatic heterocycles. The normalized spacial score (nSPS) is 18.4. The van der Waals surface area contributed by atoms with E-state index >= 15 is 4.39 Å². The van der Waals surface area contributed by atoms with Crippen LogP contribution in [0.1, 0.15) is 41.6 Å². The number of carbonyl (C=O) groups is 1. The molecule has 2 atom stereocenters. The minimum atomic E-state index is -1.36. The van der Waals surface area contributed by atoms with E-state index in [1.54, 1.807) is 10.6 Å². The molecule has 1 aliphatic rings. The van der Waals surface area contributed by atoms with Gasteiger partial charge < -0.3 is 20.7 Å². The van der Waals surface area contributed by atoms with Crippen LogP contribution in [0.15, 0.2) is 47.4 Å². The van der Waals surface area contributed by atoms with Crippen molar-refractivity contribution in [3.05, 3.63) is 69.8 Å². The van der Waals surface area contributed by atoms with Crippen LogP contribution in [0.4, 0.5) is 15.8 Å². The van der Waals surface area contributed by atoms with Gasteiger partial charge in [-0.05, 0) is 31.4 Å². The quantitative estimate of drug-likeness (QED) is 0.571. The molecular formula is C22H22FN3O3. The minimum absolute atomic E-state index is 0.0591. The van der Waals surface area contributed by atoms with Crippen molar-refractivity contribution in [3.63, 3.8) is 0 Å². The van der Waals surface area contributed by atoms with Crippen molar-refractivity contribution in [1.82, 2.24) is 4.57 Å². The number of fused-ring (bicyclic) bond motifs is 1. The third kappa shape index (κ3) is 3.12. The lowest BCUT2D eigenvalue weighted by Crippen LogP contribution is -2.36. The molecule has 0 aliphatic heterocycles. The summed E-state index contributed by atoms with van der Waals surface area (Å²) in [6.07, 6.45) is 3.19. The zero-order valence-corrected chi connectivity index (χ0v) is 16.0. The Bertz CT molecular complexity index is 1160. The van der Waals surface area contributed by atoms with E-state index in [4.69, 9.17) is 5.73 Å². The zero-order chi connectivity index (χ0) is 20.7. The SMILES string of the molecule is CCn1cc(C(=O)O)c(=O)c2c(N)c(F)c(NC3CCC3c3ccccc3)cc21. The van der Waals surface area contributed by atoms with Crippen LogP contribution in [0, 0.1) is 5.82 Å². The molecule has 1 aliphatic carbocycles. The number of aryl methyl sites for hydroxylation is 1. The lowest BCUT2D eigenvalue weighted by molar-refractivity contribution is 0.0695. The first-order valence-corrected chi connectivity index (χ1v) is 9.62. The van der Waals surface area contributed by atoms with Crippen LogP contribution in [0.3, 0.4) is 0 Å². The van der Waals surface area contributed by atoms with Crippen molar-refractivity contribution in [1.29, 1.82) is 0 Å². The number of anilines is 2.